The SMILES string of the molecule is CCC(C)OC(=O)C(=Cc1ccc(C2CCCCCC2)c(Cl)c1)C(=O)O. The van der Waals surface area contributed by atoms with Gasteiger partial charge in [0.1, 0.15) is 5.57 Å². The summed E-state index contributed by atoms with van der Waals surface area (Å²) in [7, 11) is 0. The fourth-order valence-electron chi connectivity index (χ4n) is 3.26. The molecule has 1 fully saturated rings. The third-order valence-electron chi connectivity index (χ3n) is 4.96. The fourth-order valence-corrected chi connectivity index (χ4v) is 3.60. The van der Waals surface area contributed by atoms with Crippen LogP contribution in [-0.2, 0) is 14.3 Å². The summed E-state index contributed by atoms with van der Waals surface area (Å²) in [6.45, 7) is 3.60. The molecule has 0 saturated heterocycles. The second-order valence-electron chi connectivity index (χ2n) is 6.96. The molecule has 1 unspecified atom stereocenters. The molecule has 1 atom stereocenters. The van der Waals surface area contributed by atoms with E-state index in [0.717, 1.165) is 18.4 Å². The number of carboxylic acids is 1. The molecule has 0 heterocycles. The second kappa shape index (κ2) is 9.77. The standard InChI is InChI=1S/C21H27ClO4/c1-3-14(2)26-21(25)18(20(23)24)12-15-10-11-17(19(22)13-15)16-8-6-4-5-7-9-16/h10-14,16H,3-9H2,1-2H3,(H,23,24). The van der Waals surface area contributed by atoms with Crippen molar-refractivity contribution in [3.8, 4) is 0 Å². The average molecular weight is 379 g/mol. The third kappa shape index (κ3) is 5.60. The van der Waals surface area contributed by atoms with Gasteiger partial charge in [0.25, 0.3) is 0 Å². The molecule has 2 rings (SSSR count). The minimum atomic E-state index is -1.30. The van der Waals surface area contributed by atoms with Gasteiger partial charge in [0.2, 0.25) is 0 Å². The minimum Gasteiger partial charge on any atom is -0.477 e. The number of rotatable bonds is 6. The van der Waals surface area contributed by atoms with Gasteiger partial charge in [0.15, 0.2) is 0 Å². The predicted molar refractivity (Wildman–Crippen MR) is 103 cm³/mol. The molecule has 5 heteroatoms. The number of aliphatic carboxylic acids is 1. The van der Waals surface area contributed by atoms with Gasteiger partial charge in [-0.1, -0.05) is 56.3 Å². The number of carbonyl (C=O) groups is 2. The zero-order chi connectivity index (χ0) is 19.1. The molecule has 1 aliphatic carbocycles. The molecule has 0 aliphatic heterocycles. The minimum absolute atomic E-state index is 0.327. The largest absolute Gasteiger partial charge is 0.477 e. The third-order valence-corrected chi connectivity index (χ3v) is 5.29. The number of hydrogen-bond donors (Lipinski definition) is 1. The Morgan fingerprint density at radius 3 is 2.46 bits per heavy atom. The maximum Gasteiger partial charge on any atom is 0.345 e. The van der Waals surface area contributed by atoms with Crippen LogP contribution in [0.2, 0.25) is 5.02 Å². The number of hydrogen-bond acceptors (Lipinski definition) is 3. The molecule has 0 radical (unpaired) electrons. The Labute approximate surface area is 160 Å². The first kappa shape index (κ1) is 20.5. The first-order chi connectivity index (χ1) is 12.4. The summed E-state index contributed by atoms with van der Waals surface area (Å²) in [4.78, 5) is 23.5. The van der Waals surface area contributed by atoms with E-state index >= 15 is 0 Å². The van der Waals surface area contributed by atoms with Crippen LogP contribution in [0.1, 0.15) is 75.8 Å². The maximum atomic E-state index is 12.1. The highest BCUT2D eigenvalue weighted by molar-refractivity contribution is 6.31. The van der Waals surface area contributed by atoms with E-state index in [4.69, 9.17) is 16.3 Å². The van der Waals surface area contributed by atoms with Crippen LogP contribution < -0.4 is 0 Å². The summed E-state index contributed by atoms with van der Waals surface area (Å²) in [5.41, 5.74) is 1.32. The van der Waals surface area contributed by atoms with Crippen LogP contribution in [0.25, 0.3) is 6.08 Å². The molecule has 26 heavy (non-hydrogen) atoms. The van der Waals surface area contributed by atoms with Crippen molar-refractivity contribution >= 4 is 29.6 Å². The number of halogens is 1. The molecule has 0 spiro atoms. The van der Waals surface area contributed by atoms with Gasteiger partial charge in [-0.05, 0) is 55.4 Å². The second-order valence-corrected chi connectivity index (χ2v) is 7.36. The average Bonchev–Trinajstić information content (AvgIpc) is 2.88. The summed E-state index contributed by atoms with van der Waals surface area (Å²) >= 11 is 6.47. The Morgan fingerprint density at radius 1 is 1.27 bits per heavy atom. The summed E-state index contributed by atoms with van der Waals surface area (Å²) < 4.78 is 5.14. The van der Waals surface area contributed by atoms with Crippen LogP contribution in [0.15, 0.2) is 23.8 Å². The van der Waals surface area contributed by atoms with Crippen LogP contribution in [0, 0.1) is 0 Å². The van der Waals surface area contributed by atoms with Crippen molar-refractivity contribution in [2.75, 3.05) is 0 Å². The Morgan fingerprint density at radius 2 is 1.92 bits per heavy atom. The van der Waals surface area contributed by atoms with E-state index in [-0.39, 0.29) is 11.7 Å². The first-order valence-corrected chi connectivity index (χ1v) is 9.75. The van der Waals surface area contributed by atoms with Crippen molar-refractivity contribution in [3.63, 3.8) is 0 Å². The van der Waals surface area contributed by atoms with Crippen molar-refractivity contribution in [1.82, 2.24) is 0 Å². The van der Waals surface area contributed by atoms with Crippen LogP contribution in [0.4, 0.5) is 0 Å². The van der Waals surface area contributed by atoms with Gasteiger partial charge in [-0.25, -0.2) is 9.59 Å². The van der Waals surface area contributed by atoms with Crippen molar-refractivity contribution < 1.29 is 19.4 Å². The van der Waals surface area contributed by atoms with Crippen molar-refractivity contribution in [2.45, 2.75) is 70.8 Å². The van der Waals surface area contributed by atoms with E-state index in [2.05, 4.69) is 0 Å². The van der Waals surface area contributed by atoms with Crippen LogP contribution in [0.3, 0.4) is 0 Å². The normalized spacial score (nSPS) is 17.4. The van der Waals surface area contributed by atoms with Gasteiger partial charge in [-0.3, -0.25) is 0 Å². The number of carbonyl (C=O) groups excluding carboxylic acids is 1. The number of carboxylic acid groups (broad SMARTS) is 1. The lowest BCUT2D eigenvalue weighted by Crippen LogP contribution is -2.20. The van der Waals surface area contributed by atoms with Crippen molar-refractivity contribution in [2.24, 2.45) is 0 Å². The molecule has 1 aromatic carbocycles. The number of esters is 1. The lowest BCUT2D eigenvalue weighted by atomic mass is 9.91. The Bertz CT molecular complexity index is 673. The van der Waals surface area contributed by atoms with Gasteiger partial charge in [0.05, 0.1) is 6.10 Å². The van der Waals surface area contributed by atoms with Crippen molar-refractivity contribution in [3.05, 3.63) is 39.9 Å². The highest BCUT2D eigenvalue weighted by Crippen LogP contribution is 2.36. The highest BCUT2D eigenvalue weighted by Gasteiger charge is 2.22. The van der Waals surface area contributed by atoms with E-state index in [0.29, 0.717) is 22.9 Å². The molecule has 142 valence electrons. The van der Waals surface area contributed by atoms with E-state index in [1.807, 2.05) is 19.1 Å². The lowest BCUT2D eigenvalue weighted by Gasteiger charge is -2.16. The molecule has 0 bridgehead atoms. The summed E-state index contributed by atoms with van der Waals surface area (Å²) in [6.07, 6.45) is 8.88. The molecule has 4 nitrogen and oxygen atoms in total. The van der Waals surface area contributed by atoms with Gasteiger partial charge < -0.3 is 9.84 Å². The van der Waals surface area contributed by atoms with Crippen LogP contribution in [-0.4, -0.2) is 23.1 Å². The summed E-state index contributed by atoms with van der Waals surface area (Å²) in [5, 5.41) is 9.98. The summed E-state index contributed by atoms with van der Waals surface area (Å²) in [6, 6.07) is 5.52. The van der Waals surface area contributed by atoms with E-state index in [1.165, 1.54) is 31.8 Å². The van der Waals surface area contributed by atoms with E-state index in [1.54, 1.807) is 13.0 Å². The van der Waals surface area contributed by atoms with Gasteiger partial charge in [0, 0.05) is 5.02 Å². The fraction of sp³-hybridized carbons (Fsp3) is 0.524. The van der Waals surface area contributed by atoms with Gasteiger partial charge in [-0.2, -0.15) is 0 Å². The van der Waals surface area contributed by atoms with Crippen LogP contribution >= 0.6 is 11.6 Å². The van der Waals surface area contributed by atoms with E-state index in [9.17, 15) is 14.7 Å². The smallest absolute Gasteiger partial charge is 0.345 e. The first-order valence-electron chi connectivity index (χ1n) is 9.37. The number of ether oxygens (including phenoxy) is 1. The Kier molecular flexibility index (Phi) is 7.70. The zero-order valence-electron chi connectivity index (χ0n) is 15.5. The Hall–Kier alpha value is -1.81. The van der Waals surface area contributed by atoms with E-state index < -0.39 is 11.9 Å². The topological polar surface area (TPSA) is 63.6 Å². The predicted octanol–water partition coefficient (Wildman–Crippen LogP) is 5.59. The Balaban J connectivity index is 2.23. The van der Waals surface area contributed by atoms with Gasteiger partial charge >= 0.3 is 11.9 Å². The molecule has 1 saturated carbocycles. The number of benzene rings is 1. The molecule has 1 N–H and O–H groups in total. The molecular weight excluding hydrogens is 352 g/mol. The highest BCUT2D eigenvalue weighted by atomic mass is 35.5. The molecule has 1 aromatic rings. The summed E-state index contributed by atoms with van der Waals surface area (Å²) in [5.74, 6) is -1.67. The van der Waals surface area contributed by atoms with Crippen LogP contribution in [0.5, 0.6) is 0 Å². The monoisotopic (exact) mass is 378 g/mol. The van der Waals surface area contributed by atoms with Crippen molar-refractivity contribution in [1.29, 1.82) is 0 Å². The molecule has 1 aliphatic rings. The molecular formula is C21H27ClO4. The quantitative estimate of drug-likeness (QED) is 0.230. The molecule has 0 aromatic heterocycles. The van der Waals surface area contributed by atoms with Gasteiger partial charge in [-0.15, -0.1) is 0 Å². The zero-order valence-corrected chi connectivity index (χ0v) is 16.2. The lowest BCUT2D eigenvalue weighted by molar-refractivity contribution is -0.147. The maximum absolute atomic E-state index is 12.1. The molecule has 0 amide bonds.